The van der Waals surface area contributed by atoms with Gasteiger partial charge in [0.1, 0.15) is 5.60 Å². The standard InChI is InChI=1S/C8H17NO2/c1-3-11-8(4-5-9-2)6-10-7-8/h9H,3-7H2,1-2H3. The Hall–Kier alpha value is -0.120. The van der Waals surface area contributed by atoms with Gasteiger partial charge in [-0.3, -0.25) is 0 Å². The highest BCUT2D eigenvalue weighted by molar-refractivity contribution is 4.87. The van der Waals surface area contributed by atoms with Crippen LogP contribution in [-0.4, -0.2) is 39.0 Å². The molecule has 0 unspecified atom stereocenters. The van der Waals surface area contributed by atoms with Crippen molar-refractivity contribution in [3.05, 3.63) is 0 Å². The van der Waals surface area contributed by atoms with Gasteiger partial charge in [-0.25, -0.2) is 0 Å². The Bertz CT molecular complexity index is 113. The van der Waals surface area contributed by atoms with E-state index in [-0.39, 0.29) is 5.60 Å². The van der Waals surface area contributed by atoms with Crippen LogP contribution in [0, 0.1) is 0 Å². The maximum absolute atomic E-state index is 5.60. The van der Waals surface area contributed by atoms with Crippen molar-refractivity contribution in [1.82, 2.24) is 5.32 Å². The molecule has 0 aromatic heterocycles. The third-order valence-corrected chi connectivity index (χ3v) is 2.01. The van der Waals surface area contributed by atoms with E-state index < -0.39 is 0 Å². The Morgan fingerprint density at radius 2 is 2.27 bits per heavy atom. The van der Waals surface area contributed by atoms with Gasteiger partial charge < -0.3 is 14.8 Å². The molecule has 3 nitrogen and oxygen atoms in total. The lowest BCUT2D eigenvalue weighted by atomic mass is 9.97. The molecule has 0 amide bonds. The Morgan fingerprint density at radius 3 is 2.64 bits per heavy atom. The van der Waals surface area contributed by atoms with Crippen LogP contribution in [0.5, 0.6) is 0 Å². The second-order valence-electron chi connectivity index (χ2n) is 2.96. The molecular formula is C8H17NO2. The van der Waals surface area contributed by atoms with E-state index in [1.807, 2.05) is 14.0 Å². The predicted octanol–water partition coefficient (Wildman–Crippen LogP) is 0.401. The van der Waals surface area contributed by atoms with Crippen LogP contribution in [-0.2, 0) is 9.47 Å². The lowest BCUT2D eigenvalue weighted by Crippen LogP contribution is -2.53. The van der Waals surface area contributed by atoms with E-state index in [1.54, 1.807) is 0 Å². The highest BCUT2D eigenvalue weighted by Crippen LogP contribution is 2.24. The SMILES string of the molecule is CCOC1(CCNC)COC1. The smallest absolute Gasteiger partial charge is 0.116 e. The zero-order chi connectivity index (χ0) is 8.16. The summed E-state index contributed by atoms with van der Waals surface area (Å²) in [5, 5.41) is 3.11. The third kappa shape index (κ3) is 2.15. The van der Waals surface area contributed by atoms with E-state index in [0.29, 0.717) is 0 Å². The van der Waals surface area contributed by atoms with Gasteiger partial charge in [0.2, 0.25) is 0 Å². The quantitative estimate of drug-likeness (QED) is 0.630. The van der Waals surface area contributed by atoms with Gasteiger partial charge in [-0.15, -0.1) is 0 Å². The van der Waals surface area contributed by atoms with Gasteiger partial charge in [0.15, 0.2) is 0 Å². The van der Waals surface area contributed by atoms with E-state index in [1.165, 1.54) is 0 Å². The minimum atomic E-state index is 0.0394. The molecule has 1 N–H and O–H groups in total. The first-order chi connectivity index (χ1) is 5.33. The monoisotopic (exact) mass is 159 g/mol. The zero-order valence-corrected chi connectivity index (χ0v) is 7.35. The van der Waals surface area contributed by atoms with Crippen molar-refractivity contribution in [3.63, 3.8) is 0 Å². The summed E-state index contributed by atoms with van der Waals surface area (Å²) in [6.45, 7) is 5.35. The number of rotatable bonds is 5. The maximum atomic E-state index is 5.60. The fourth-order valence-corrected chi connectivity index (χ4v) is 1.29. The van der Waals surface area contributed by atoms with Crippen molar-refractivity contribution in [2.24, 2.45) is 0 Å². The molecule has 0 spiro atoms. The van der Waals surface area contributed by atoms with Crippen LogP contribution in [0.3, 0.4) is 0 Å². The first-order valence-corrected chi connectivity index (χ1v) is 4.19. The molecule has 0 aliphatic carbocycles. The minimum absolute atomic E-state index is 0.0394. The van der Waals surface area contributed by atoms with E-state index in [4.69, 9.17) is 9.47 Å². The van der Waals surface area contributed by atoms with Crippen LogP contribution in [0.1, 0.15) is 13.3 Å². The van der Waals surface area contributed by atoms with Crippen molar-refractivity contribution in [2.75, 3.05) is 33.4 Å². The molecule has 11 heavy (non-hydrogen) atoms. The van der Waals surface area contributed by atoms with Crippen LogP contribution in [0.2, 0.25) is 0 Å². The molecule has 0 aromatic carbocycles. The van der Waals surface area contributed by atoms with Crippen molar-refractivity contribution in [1.29, 1.82) is 0 Å². The summed E-state index contributed by atoms with van der Waals surface area (Å²) in [4.78, 5) is 0. The molecule has 1 aliphatic rings. The van der Waals surface area contributed by atoms with Crippen LogP contribution in [0.4, 0.5) is 0 Å². The summed E-state index contributed by atoms with van der Waals surface area (Å²) >= 11 is 0. The molecule has 0 atom stereocenters. The molecule has 66 valence electrons. The summed E-state index contributed by atoms with van der Waals surface area (Å²) in [6.07, 6.45) is 1.05. The summed E-state index contributed by atoms with van der Waals surface area (Å²) < 4.78 is 10.7. The van der Waals surface area contributed by atoms with Crippen molar-refractivity contribution in [3.8, 4) is 0 Å². The summed E-state index contributed by atoms with van der Waals surface area (Å²) in [6, 6.07) is 0. The number of ether oxygens (including phenoxy) is 2. The second-order valence-corrected chi connectivity index (χ2v) is 2.96. The second kappa shape index (κ2) is 4.04. The van der Waals surface area contributed by atoms with Crippen LogP contribution in [0.25, 0.3) is 0 Å². The topological polar surface area (TPSA) is 30.5 Å². The molecular weight excluding hydrogens is 142 g/mol. The largest absolute Gasteiger partial charge is 0.375 e. The first-order valence-electron chi connectivity index (χ1n) is 4.19. The molecule has 0 saturated carbocycles. The molecule has 3 heteroatoms. The predicted molar refractivity (Wildman–Crippen MR) is 43.7 cm³/mol. The molecule has 1 saturated heterocycles. The molecule has 1 rings (SSSR count). The van der Waals surface area contributed by atoms with E-state index in [9.17, 15) is 0 Å². The summed E-state index contributed by atoms with van der Waals surface area (Å²) in [5.41, 5.74) is 0.0394. The fourth-order valence-electron chi connectivity index (χ4n) is 1.29. The van der Waals surface area contributed by atoms with Crippen molar-refractivity contribution >= 4 is 0 Å². The van der Waals surface area contributed by atoms with Crippen LogP contribution in [0.15, 0.2) is 0 Å². The van der Waals surface area contributed by atoms with Crippen molar-refractivity contribution < 1.29 is 9.47 Å². The van der Waals surface area contributed by atoms with E-state index >= 15 is 0 Å². The molecule has 1 aliphatic heterocycles. The Balaban J connectivity index is 2.22. The highest BCUT2D eigenvalue weighted by Gasteiger charge is 2.38. The molecule has 1 heterocycles. The van der Waals surface area contributed by atoms with Gasteiger partial charge in [-0.05, 0) is 26.9 Å². The molecule has 1 fully saturated rings. The normalized spacial score (nSPS) is 21.3. The van der Waals surface area contributed by atoms with Gasteiger partial charge >= 0.3 is 0 Å². The van der Waals surface area contributed by atoms with Gasteiger partial charge in [-0.2, -0.15) is 0 Å². The lowest BCUT2D eigenvalue weighted by molar-refractivity contribution is -0.209. The Morgan fingerprint density at radius 1 is 1.55 bits per heavy atom. The summed E-state index contributed by atoms with van der Waals surface area (Å²) in [5.74, 6) is 0. The molecule has 0 bridgehead atoms. The van der Waals surface area contributed by atoms with Gasteiger partial charge in [0.05, 0.1) is 13.2 Å². The van der Waals surface area contributed by atoms with E-state index in [0.717, 1.165) is 32.8 Å². The maximum Gasteiger partial charge on any atom is 0.116 e. The third-order valence-electron chi connectivity index (χ3n) is 2.01. The first kappa shape index (κ1) is 8.97. The fraction of sp³-hybridized carbons (Fsp3) is 1.00. The lowest BCUT2D eigenvalue weighted by Gasteiger charge is -2.41. The van der Waals surface area contributed by atoms with E-state index in [2.05, 4.69) is 5.32 Å². The zero-order valence-electron chi connectivity index (χ0n) is 7.35. The Labute approximate surface area is 68.1 Å². The molecule has 0 aromatic rings. The van der Waals surface area contributed by atoms with Gasteiger partial charge in [0.25, 0.3) is 0 Å². The number of nitrogens with one attached hydrogen (secondary N) is 1. The van der Waals surface area contributed by atoms with Gasteiger partial charge in [-0.1, -0.05) is 0 Å². The van der Waals surface area contributed by atoms with Crippen molar-refractivity contribution in [2.45, 2.75) is 18.9 Å². The molecule has 0 radical (unpaired) electrons. The average molecular weight is 159 g/mol. The minimum Gasteiger partial charge on any atom is -0.375 e. The Kier molecular flexibility index (Phi) is 3.30. The number of hydrogen-bond donors (Lipinski definition) is 1. The summed E-state index contributed by atoms with van der Waals surface area (Å²) in [7, 11) is 1.96. The van der Waals surface area contributed by atoms with Gasteiger partial charge in [0, 0.05) is 6.61 Å². The van der Waals surface area contributed by atoms with Crippen LogP contribution >= 0.6 is 0 Å². The van der Waals surface area contributed by atoms with Crippen LogP contribution < -0.4 is 5.32 Å². The average Bonchev–Trinajstić information content (AvgIpc) is 1.95. The highest BCUT2D eigenvalue weighted by atomic mass is 16.6. The number of hydrogen-bond acceptors (Lipinski definition) is 3.